The molecule has 0 bridgehead atoms. The average molecular weight is 456 g/mol. The number of carbonyl (C=O) groups excluding carboxylic acids is 2. The number of phosphoric ester groups is 1. The lowest BCUT2D eigenvalue weighted by molar-refractivity contribution is -0.339. The summed E-state index contributed by atoms with van der Waals surface area (Å²) in [5.74, 6) is -0.664. The third-order valence-electron chi connectivity index (χ3n) is 4.18. The summed E-state index contributed by atoms with van der Waals surface area (Å²) in [6.45, 7) is 3.18. The van der Waals surface area contributed by atoms with Gasteiger partial charge in [0, 0.05) is 6.54 Å². The van der Waals surface area contributed by atoms with Gasteiger partial charge in [0.2, 0.25) is 0 Å². The maximum atomic E-state index is 12.4. The van der Waals surface area contributed by atoms with Crippen LogP contribution in [0.5, 0.6) is 0 Å². The van der Waals surface area contributed by atoms with E-state index in [1.165, 1.54) is 11.0 Å². The highest BCUT2D eigenvalue weighted by molar-refractivity contribution is 7.58. The molecule has 1 atom stereocenters. The number of fused-ring (bicyclic) bond motifs is 1. The molecule has 0 radical (unpaired) electrons. The molecule has 0 saturated heterocycles. The Bertz CT molecular complexity index is 945. The van der Waals surface area contributed by atoms with Crippen LogP contribution in [-0.2, 0) is 18.0 Å². The molecule has 0 fully saturated rings. The maximum Gasteiger partial charge on any atom is 0.272 e. The molecule has 0 spiro atoms. The molecule has 0 saturated carbocycles. The van der Waals surface area contributed by atoms with Gasteiger partial charge >= 0.3 is 0 Å². The van der Waals surface area contributed by atoms with Crippen LogP contribution in [0.3, 0.4) is 0 Å². The van der Waals surface area contributed by atoms with Crippen molar-refractivity contribution in [2.24, 2.45) is 0 Å². The lowest BCUT2D eigenvalue weighted by Gasteiger charge is -2.34. The van der Waals surface area contributed by atoms with Crippen molar-refractivity contribution >= 4 is 27.5 Å². The second kappa shape index (κ2) is 9.94. The number of nitrogens with zero attached hydrogens (tertiary/aromatic N) is 1. The number of amides is 2. The average Bonchev–Trinajstić information content (AvgIpc) is 2.85. The summed E-state index contributed by atoms with van der Waals surface area (Å²) in [6.07, 6.45) is 4.34. The summed E-state index contributed by atoms with van der Waals surface area (Å²) in [5.41, 5.74) is 2.33. The highest BCUT2D eigenvalue weighted by Crippen LogP contribution is 2.50. The SMILES string of the molecule is C/C(=C\COP(=O)([O-])OP(=O)([O-])[O-])CC/C=C(\C)CN1C(=O)c2ccccc2C1=O. The van der Waals surface area contributed by atoms with Crippen LogP contribution < -0.4 is 14.7 Å². The first kappa shape index (κ1) is 24.4. The van der Waals surface area contributed by atoms with Gasteiger partial charge in [0.05, 0.1) is 25.6 Å². The lowest BCUT2D eigenvalue weighted by Crippen LogP contribution is -2.31. The van der Waals surface area contributed by atoms with Gasteiger partial charge in [-0.1, -0.05) is 35.4 Å². The Morgan fingerprint density at radius 3 is 2.10 bits per heavy atom. The molecule has 2 rings (SSSR count). The summed E-state index contributed by atoms with van der Waals surface area (Å²) >= 11 is 0. The number of allylic oxidation sites excluding steroid dienone is 2. The van der Waals surface area contributed by atoms with E-state index in [-0.39, 0.29) is 18.4 Å². The number of imide groups is 1. The largest absolute Gasteiger partial charge is 0.790 e. The molecule has 30 heavy (non-hydrogen) atoms. The zero-order valence-electron chi connectivity index (χ0n) is 16.3. The first-order chi connectivity index (χ1) is 13.9. The van der Waals surface area contributed by atoms with E-state index in [2.05, 4.69) is 8.83 Å². The summed E-state index contributed by atoms with van der Waals surface area (Å²) in [6, 6.07) is 6.63. The van der Waals surface area contributed by atoms with Crippen LogP contribution in [-0.4, -0.2) is 29.9 Å². The predicted octanol–water partition coefficient (Wildman–Crippen LogP) is 1.29. The molecule has 164 valence electrons. The number of phosphoric acid groups is 2. The molecule has 0 aromatic heterocycles. The summed E-state index contributed by atoms with van der Waals surface area (Å²) < 4.78 is 29.1. The van der Waals surface area contributed by atoms with E-state index in [9.17, 15) is 33.4 Å². The monoisotopic (exact) mass is 456 g/mol. The summed E-state index contributed by atoms with van der Waals surface area (Å²) in [4.78, 5) is 57.6. The van der Waals surface area contributed by atoms with Crippen LogP contribution in [0, 0.1) is 0 Å². The first-order valence-corrected chi connectivity index (χ1v) is 11.8. The third kappa shape index (κ3) is 7.11. The van der Waals surface area contributed by atoms with E-state index in [0.717, 1.165) is 11.1 Å². The smallest absolute Gasteiger partial charge is 0.272 e. The van der Waals surface area contributed by atoms with E-state index in [0.29, 0.717) is 24.0 Å². The summed E-state index contributed by atoms with van der Waals surface area (Å²) in [7, 11) is -10.9. The molecule has 1 heterocycles. The van der Waals surface area contributed by atoms with Crippen molar-refractivity contribution < 1.29 is 42.2 Å². The molecule has 1 unspecified atom stereocenters. The molecule has 0 N–H and O–H groups in total. The fourth-order valence-corrected chi connectivity index (χ4v) is 4.19. The number of hydrogen-bond donors (Lipinski definition) is 0. The van der Waals surface area contributed by atoms with Crippen molar-refractivity contribution in [2.45, 2.75) is 26.7 Å². The predicted molar refractivity (Wildman–Crippen MR) is 101 cm³/mol. The number of benzene rings is 1. The highest BCUT2D eigenvalue weighted by atomic mass is 31.3. The minimum Gasteiger partial charge on any atom is -0.790 e. The second-order valence-corrected chi connectivity index (χ2v) is 9.35. The Hall–Kier alpha value is -1.90. The van der Waals surface area contributed by atoms with E-state index >= 15 is 0 Å². The van der Waals surface area contributed by atoms with Crippen LogP contribution in [0.4, 0.5) is 0 Å². The van der Waals surface area contributed by atoms with E-state index in [4.69, 9.17) is 0 Å². The van der Waals surface area contributed by atoms with Gasteiger partial charge in [-0.15, -0.1) is 0 Å². The van der Waals surface area contributed by atoms with Crippen LogP contribution in [0.2, 0.25) is 0 Å². The fourth-order valence-electron chi connectivity index (χ4n) is 2.76. The Labute approximate surface area is 173 Å². The number of hydrogen-bond acceptors (Lipinski definition) is 9. The normalized spacial score (nSPS) is 17.3. The second-order valence-electron chi connectivity index (χ2n) is 6.65. The molecular weight excluding hydrogens is 436 g/mol. The van der Waals surface area contributed by atoms with Crippen molar-refractivity contribution in [3.05, 3.63) is 58.7 Å². The van der Waals surface area contributed by atoms with Gasteiger partial charge in [-0.05, 0) is 38.8 Å². The Kier molecular flexibility index (Phi) is 8.07. The molecule has 1 aromatic carbocycles. The zero-order chi connectivity index (χ0) is 22.5. The van der Waals surface area contributed by atoms with E-state index < -0.39 is 22.3 Å². The fraction of sp³-hybridized carbons (Fsp3) is 0.333. The van der Waals surface area contributed by atoms with E-state index in [1.54, 1.807) is 38.1 Å². The molecular formula is C18H20NO9P2-3. The summed E-state index contributed by atoms with van der Waals surface area (Å²) in [5, 5.41) is 0. The molecule has 2 amide bonds. The van der Waals surface area contributed by atoms with Gasteiger partial charge in [-0.3, -0.25) is 23.4 Å². The van der Waals surface area contributed by atoms with Crippen LogP contribution in [0.1, 0.15) is 47.4 Å². The van der Waals surface area contributed by atoms with Crippen molar-refractivity contribution in [3.8, 4) is 0 Å². The van der Waals surface area contributed by atoms with Crippen molar-refractivity contribution in [1.29, 1.82) is 0 Å². The van der Waals surface area contributed by atoms with Crippen molar-refractivity contribution in [1.82, 2.24) is 4.90 Å². The number of carbonyl (C=O) groups is 2. The van der Waals surface area contributed by atoms with Gasteiger partial charge in [0.25, 0.3) is 19.6 Å². The Balaban J connectivity index is 1.82. The van der Waals surface area contributed by atoms with Gasteiger partial charge in [-0.25, -0.2) is 0 Å². The van der Waals surface area contributed by atoms with Crippen LogP contribution >= 0.6 is 15.6 Å². The van der Waals surface area contributed by atoms with Crippen LogP contribution in [0.15, 0.2) is 47.6 Å². The Morgan fingerprint density at radius 2 is 1.57 bits per heavy atom. The quantitative estimate of drug-likeness (QED) is 0.287. The molecule has 1 aromatic rings. The first-order valence-electron chi connectivity index (χ1n) is 8.85. The third-order valence-corrected chi connectivity index (χ3v) is 6.25. The zero-order valence-corrected chi connectivity index (χ0v) is 18.1. The van der Waals surface area contributed by atoms with Gasteiger partial charge < -0.3 is 23.8 Å². The molecule has 10 nitrogen and oxygen atoms in total. The van der Waals surface area contributed by atoms with Crippen molar-refractivity contribution in [3.63, 3.8) is 0 Å². The number of rotatable bonds is 10. The minimum atomic E-state index is -5.70. The van der Waals surface area contributed by atoms with Gasteiger partial charge in [0.1, 0.15) is 0 Å². The highest BCUT2D eigenvalue weighted by Gasteiger charge is 2.34. The molecule has 1 aliphatic rings. The van der Waals surface area contributed by atoms with Crippen molar-refractivity contribution in [2.75, 3.05) is 13.2 Å². The van der Waals surface area contributed by atoms with E-state index in [1.807, 2.05) is 6.08 Å². The molecule has 0 aliphatic carbocycles. The Morgan fingerprint density at radius 1 is 1.00 bits per heavy atom. The minimum absolute atomic E-state index is 0.166. The lowest BCUT2D eigenvalue weighted by atomic mass is 10.1. The molecule has 12 heteroatoms. The molecule has 1 aliphatic heterocycles. The van der Waals surface area contributed by atoms with Gasteiger partial charge in [-0.2, -0.15) is 0 Å². The maximum absolute atomic E-state index is 12.4. The van der Waals surface area contributed by atoms with Gasteiger partial charge in [0.15, 0.2) is 0 Å². The van der Waals surface area contributed by atoms with Crippen LogP contribution in [0.25, 0.3) is 0 Å². The topological polar surface area (TPSA) is 159 Å². The standard InChI is InChI=1S/C18H23NO9P2/c1-13(10-11-27-30(25,26)28-29(22,23)24)6-5-7-14(2)12-19-17(20)15-8-3-4-9-16(15)18(19)21/h3-4,7-10H,5-6,11-12H2,1-2H3,(H,25,26)(H2,22,23,24)/p-3/b13-10+,14-7+.